The molecule has 1 aromatic heterocycles. The van der Waals surface area contributed by atoms with Gasteiger partial charge in [0.2, 0.25) is 0 Å². The fourth-order valence-corrected chi connectivity index (χ4v) is 3.61. The van der Waals surface area contributed by atoms with Crippen LogP contribution in [0.1, 0.15) is 5.56 Å². The van der Waals surface area contributed by atoms with Gasteiger partial charge in [0, 0.05) is 36.8 Å². The Balaban J connectivity index is 1.62. The summed E-state index contributed by atoms with van der Waals surface area (Å²) < 4.78 is 21.4. The summed E-state index contributed by atoms with van der Waals surface area (Å²) in [6.45, 7) is 0.862. The predicted octanol–water partition coefficient (Wildman–Crippen LogP) is 3.89. The van der Waals surface area contributed by atoms with Crippen molar-refractivity contribution in [2.24, 2.45) is 0 Å². The second kappa shape index (κ2) is 7.67. The van der Waals surface area contributed by atoms with Crippen LogP contribution >= 0.6 is 12.2 Å². The van der Waals surface area contributed by atoms with Crippen molar-refractivity contribution in [1.82, 2.24) is 14.4 Å². The van der Waals surface area contributed by atoms with Crippen molar-refractivity contribution >= 4 is 40.2 Å². The monoisotopic (exact) mass is 409 g/mol. The van der Waals surface area contributed by atoms with Gasteiger partial charge in [-0.25, -0.2) is 4.39 Å². The Morgan fingerprint density at radius 3 is 2.52 bits per heavy atom. The van der Waals surface area contributed by atoms with E-state index in [2.05, 4.69) is 0 Å². The first-order chi connectivity index (χ1) is 14.0. The highest BCUT2D eigenvalue weighted by Crippen LogP contribution is 2.27. The normalized spacial score (nSPS) is 15.8. The fourth-order valence-electron chi connectivity index (χ4n) is 3.43. The Kier molecular flexibility index (Phi) is 5.07. The zero-order valence-electron chi connectivity index (χ0n) is 16.1. The minimum atomic E-state index is -0.377. The molecule has 2 heterocycles. The van der Waals surface area contributed by atoms with Crippen molar-refractivity contribution in [1.29, 1.82) is 0 Å². The lowest BCUT2D eigenvalue weighted by Gasteiger charge is -2.10. The van der Waals surface area contributed by atoms with E-state index in [0.29, 0.717) is 24.0 Å². The van der Waals surface area contributed by atoms with Gasteiger partial charge in [-0.2, -0.15) is 0 Å². The highest BCUT2D eigenvalue weighted by molar-refractivity contribution is 7.80. The van der Waals surface area contributed by atoms with Crippen LogP contribution in [0.25, 0.3) is 17.0 Å². The van der Waals surface area contributed by atoms with Crippen LogP contribution in [-0.4, -0.2) is 46.1 Å². The van der Waals surface area contributed by atoms with Gasteiger partial charge in [0.05, 0.1) is 6.54 Å². The molecule has 2 aromatic carbocycles. The minimum Gasteiger partial charge on any atom is -0.489 e. The van der Waals surface area contributed by atoms with Gasteiger partial charge >= 0.3 is 0 Å². The van der Waals surface area contributed by atoms with Gasteiger partial charge in [0.1, 0.15) is 12.3 Å². The molecule has 5 nitrogen and oxygen atoms in total. The molecule has 0 radical (unpaired) electrons. The van der Waals surface area contributed by atoms with Crippen molar-refractivity contribution in [2.45, 2.75) is 6.54 Å². The molecular weight excluding hydrogens is 389 g/mol. The number of para-hydroxylation sites is 2. The number of rotatable bonds is 5. The second-order valence-corrected chi connectivity index (χ2v) is 7.17. The van der Waals surface area contributed by atoms with Crippen LogP contribution in [0.2, 0.25) is 0 Å². The number of fused-ring (bicyclic) bond motifs is 1. The number of halogens is 1. The van der Waals surface area contributed by atoms with Gasteiger partial charge in [-0.3, -0.25) is 9.69 Å². The Hall–Kier alpha value is -3.19. The number of thiocarbonyl (C=S) groups is 1. The molecule has 3 aromatic rings. The zero-order valence-corrected chi connectivity index (χ0v) is 16.9. The Morgan fingerprint density at radius 2 is 1.79 bits per heavy atom. The average molecular weight is 409 g/mol. The van der Waals surface area contributed by atoms with E-state index in [4.69, 9.17) is 17.0 Å². The standard InChI is InChI=1S/C22H20FN3O2S/c1-24-19(21(27)25(2)22(24)29)13-15-14-26(18-9-5-3-7-16(15)18)11-12-28-20-10-6-4-8-17(20)23/h3-10,13-14H,11-12H2,1-2H3. The molecule has 0 unspecified atom stereocenters. The largest absolute Gasteiger partial charge is 0.489 e. The van der Waals surface area contributed by atoms with Crippen molar-refractivity contribution in [3.63, 3.8) is 0 Å². The van der Waals surface area contributed by atoms with Crippen molar-refractivity contribution < 1.29 is 13.9 Å². The summed E-state index contributed by atoms with van der Waals surface area (Å²) in [7, 11) is 3.46. The van der Waals surface area contributed by atoms with Gasteiger partial charge in [0.15, 0.2) is 16.7 Å². The van der Waals surface area contributed by atoms with Gasteiger partial charge in [0.25, 0.3) is 5.91 Å². The first kappa shape index (κ1) is 19.1. The molecule has 1 fully saturated rings. The lowest BCUT2D eigenvalue weighted by atomic mass is 10.1. The van der Waals surface area contributed by atoms with Crippen LogP contribution in [0, 0.1) is 5.82 Å². The highest BCUT2D eigenvalue weighted by Gasteiger charge is 2.32. The van der Waals surface area contributed by atoms with E-state index in [0.717, 1.165) is 16.5 Å². The summed E-state index contributed by atoms with van der Waals surface area (Å²) in [4.78, 5) is 15.7. The summed E-state index contributed by atoms with van der Waals surface area (Å²) in [5, 5.41) is 1.50. The Labute approximate surface area is 173 Å². The number of benzene rings is 2. The quantitative estimate of drug-likeness (QED) is 0.473. The minimum absolute atomic E-state index is 0.128. The number of carbonyl (C=O) groups excluding carboxylic acids is 1. The molecule has 7 heteroatoms. The van der Waals surface area contributed by atoms with E-state index in [1.165, 1.54) is 11.0 Å². The van der Waals surface area contributed by atoms with E-state index in [9.17, 15) is 9.18 Å². The first-order valence-corrected chi connectivity index (χ1v) is 9.61. The molecule has 1 saturated heterocycles. The van der Waals surface area contributed by atoms with E-state index < -0.39 is 0 Å². The number of hydrogen-bond donors (Lipinski definition) is 0. The number of ether oxygens (including phenoxy) is 1. The zero-order chi connectivity index (χ0) is 20.5. The lowest BCUT2D eigenvalue weighted by Crippen LogP contribution is -2.26. The number of likely N-dealkylation sites (N-methyl/N-ethyl adjacent to an activating group) is 2. The number of nitrogens with zero attached hydrogens (tertiary/aromatic N) is 3. The molecule has 0 aliphatic carbocycles. The maximum absolute atomic E-state index is 13.7. The summed E-state index contributed by atoms with van der Waals surface area (Å²) >= 11 is 5.29. The molecule has 1 aliphatic rings. The molecule has 0 spiro atoms. The van der Waals surface area contributed by atoms with Crippen molar-refractivity contribution in [3.05, 3.63) is 71.8 Å². The maximum Gasteiger partial charge on any atom is 0.276 e. The molecule has 1 aliphatic heterocycles. The summed E-state index contributed by atoms with van der Waals surface area (Å²) in [6.07, 6.45) is 3.83. The number of carbonyl (C=O) groups is 1. The summed E-state index contributed by atoms with van der Waals surface area (Å²) in [5.41, 5.74) is 2.46. The molecule has 1 amide bonds. The third-order valence-electron chi connectivity index (χ3n) is 5.00. The molecule has 0 N–H and O–H groups in total. The summed E-state index contributed by atoms with van der Waals surface area (Å²) in [5.74, 6) is -0.267. The Morgan fingerprint density at radius 1 is 1.07 bits per heavy atom. The van der Waals surface area contributed by atoms with Crippen LogP contribution in [0.4, 0.5) is 4.39 Å². The van der Waals surface area contributed by atoms with Crippen LogP contribution < -0.4 is 4.74 Å². The third-order valence-corrected chi connectivity index (χ3v) is 5.54. The molecule has 0 atom stereocenters. The van der Waals surface area contributed by atoms with Gasteiger partial charge < -0.3 is 14.2 Å². The highest BCUT2D eigenvalue weighted by atomic mass is 32.1. The smallest absolute Gasteiger partial charge is 0.276 e. The van der Waals surface area contributed by atoms with Crippen LogP contribution in [-0.2, 0) is 11.3 Å². The summed E-state index contributed by atoms with van der Waals surface area (Å²) in [6, 6.07) is 14.3. The van der Waals surface area contributed by atoms with Gasteiger partial charge in [-0.15, -0.1) is 0 Å². The number of hydrogen-bond acceptors (Lipinski definition) is 3. The molecule has 0 bridgehead atoms. The second-order valence-electron chi connectivity index (χ2n) is 6.81. The van der Waals surface area contributed by atoms with Crippen LogP contribution in [0.15, 0.2) is 60.4 Å². The average Bonchev–Trinajstić information content (AvgIpc) is 3.16. The van der Waals surface area contributed by atoms with Crippen molar-refractivity contribution in [3.8, 4) is 5.75 Å². The molecule has 0 saturated carbocycles. The lowest BCUT2D eigenvalue weighted by molar-refractivity contribution is -0.121. The van der Waals surface area contributed by atoms with Crippen LogP contribution in [0.3, 0.4) is 0 Å². The van der Waals surface area contributed by atoms with Crippen LogP contribution in [0.5, 0.6) is 5.75 Å². The number of aromatic nitrogens is 1. The third kappa shape index (κ3) is 3.49. The molecule has 4 rings (SSSR count). The fraction of sp³-hybridized carbons (Fsp3) is 0.182. The first-order valence-electron chi connectivity index (χ1n) is 9.20. The van der Waals surface area contributed by atoms with E-state index in [1.54, 1.807) is 37.2 Å². The Bertz CT molecular complexity index is 1140. The number of amides is 1. The van der Waals surface area contributed by atoms with E-state index in [1.807, 2.05) is 41.1 Å². The molecule has 148 valence electrons. The van der Waals surface area contributed by atoms with E-state index in [-0.39, 0.29) is 17.5 Å². The van der Waals surface area contributed by atoms with Crippen molar-refractivity contribution in [2.75, 3.05) is 20.7 Å². The predicted molar refractivity (Wildman–Crippen MR) is 115 cm³/mol. The van der Waals surface area contributed by atoms with Gasteiger partial charge in [-0.05, 0) is 36.5 Å². The van der Waals surface area contributed by atoms with Gasteiger partial charge in [-0.1, -0.05) is 30.3 Å². The maximum atomic E-state index is 13.7. The topological polar surface area (TPSA) is 37.7 Å². The molecule has 29 heavy (non-hydrogen) atoms. The SMILES string of the molecule is CN1C(=O)C(=Cc2cn(CCOc3ccccc3F)c3ccccc23)N(C)C1=S. The van der Waals surface area contributed by atoms with E-state index >= 15 is 0 Å². The molecular formula is C22H20FN3O2S.